The van der Waals surface area contributed by atoms with Gasteiger partial charge in [-0.05, 0) is 0 Å². The van der Waals surface area contributed by atoms with E-state index >= 15 is 0 Å². The van der Waals surface area contributed by atoms with E-state index in [1.165, 1.54) is 11.9 Å². The molecule has 0 spiro atoms. The molecule has 0 aliphatic rings. The predicted octanol–water partition coefficient (Wildman–Crippen LogP) is 0.616. The second-order valence-corrected chi connectivity index (χ2v) is 1.71. The zero-order chi connectivity index (χ0) is 3.41. The molecule has 0 saturated carbocycles. The molecule has 0 saturated heterocycles. The molecule has 0 bridgehead atoms. The fraction of sp³-hybridized carbons (Fsp3) is 1.00. The van der Waals surface area contributed by atoms with Crippen molar-refractivity contribution in [1.82, 2.24) is 0 Å². The Morgan fingerprint density at radius 3 is 2.25 bits per heavy atom. The second kappa shape index (κ2) is 3.67. The zero-order valence-electron chi connectivity index (χ0n) is 2.26. The van der Waals surface area contributed by atoms with Gasteiger partial charge in [-0.15, -0.1) is 0 Å². The molecule has 0 heterocycles. The molecular formula is CH3NSSe. The molecule has 0 radical (unpaired) electrons. The van der Waals surface area contributed by atoms with Crippen molar-refractivity contribution in [3.8, 4) is 0 Å². The summed E-state index contributed by atoms with van der Waals surface area (Å²) in [6.45, 7) is 0. The van der Waals surface area contributed by atoms with E-state index in [0.717, 1.165) is 0 Å². The third kappa shape index (κ3) is 2.67. The molecule has 1 nitrogen and oxygen atoms in total. The van der Waals surface area contributed by atoms with Gasteiger partial charge in [0.25, 0.3) is 0 Å². The Morgan fingerprint density at radius 2 is 2.25 bits per heavy atom. The third-order valence-electron chi connectivity index (χ3n) is 0.0745. The third-order valence-corrected chi connectivity index (χ3v) is 1.16. The van der Waals surface area contributed by atoms with Crippen molar-refractivity contribution >= 4 is 27.8 Å². The molecule has 0 atom stereocenters. The van der Waals surface area contributed by atoms with Crippen LogP contribution < -0.4 is 0 Å². The summed E-state index contributed by atoms with van der Waals surface area (Å²) in [6, 6.07) is 0. The fourth-order valence-corrected chi connectivity index (χ4v) is 0. The quantitative estimate of drug-likeness (QED) is 0.384. The molecule has 0 aromatic heterocycles. The zero-order valence-corrected chi connectivity index (χ0v) is 4.79. The van der Waals surface area contributed by atoms with Crippen LogP contribution in [0.3, 0.4) is 0 Å². The molecule has 0 aliphatic heterocycles. The van der Waals surface area contributed by atoms with Crippen LogP contribution in [-0.2, 0) is 0 Å². The van der Waals surface area contributed by atoms with Crippen molar-refractivity contribution in [2.24, 2.45) is 3.37 Å². The molecule has 3 heteroatoms. The Labute approximate surface area is 37.9 Å². The van der Waals surface area contributed by atoms with Gasteiger partial charge in [0.15, 0.2) is 0 Å². The number of hydrogen-bond acceptors (Lipinski definition) is 2. The minimum atomic E-state index is 1.43. The molecule has 0 aromatic carbocycles. The monoisotopic (exact) mass is 141 g/mol. The predicted molar refractivity (Wildman–Crippen MR) is 21.7 cm³/mol. The average Bonchev–Trinajstić information content (AvgIpc) is 1.37. The average molecular weight is 140 g/mol. The van der Waals surface area contributed by atoms with Crippen LogP contribution in [0.4, 0.5) is 0 Å². The van der Waals surface area contributed by atoms with Crippen LogP contribution in [0, 0.1) is 0 Å². The van der Waals surface area contributed by atoms with E-state index in [9.17, 15) is 0 Å². The van der Waals surface area contributed by atoms with Gasteiger partial charge in [-0.25, -0.2) is 0 Å². The number of rotatable bonds is 1. The van der Waals surface area contributed by atoms with Gasteiger partial charge in [0.05, 0.1) is 0 Å². The Kier molecular flexibility index (Phi) is 4.28. The first-order valence-corrected chi connectivity index (χ1v) is 2.72. The summed E-state index contributed by atoms with van der Waals surface area (Å²) in [5, 5.41) is 0. The van der Waals surface area contributed by atoms with Crippen LogP contribution in [0.2, 0.25) is 0 Å². The molecule has 0 aromatic rings. The van der Waals surface area contributed by atoms with Crippen LogP contribution in [0.1, 0.15) is 0 Å². The fourth-order valence-electron chi connectivity index (χ4n) is 0. The Hall–Kier alpha value is 0.669. The van der Waals surface area contributed by atoms with Crippen LogP contribution in [-0.4, -0.2) is 22.1 Å². The first kappa shape index (κ1) is 4.67. The molecule has 0 rings (SSSR count). The molecule has 4 heavy (non-hydrogen) atoms. The van der Waals surface area contributed by atoms with Gasteiger partial charge in [0.2, 0.25) is 0 Å². The SMILES string of the molecule is CSN=[Se]. The molecular weight excluding hydrogens is 137 g/mol. The molecule has 0 unspecified atom stereocenters. The van der Waals surface area contributed by atoms with Gasteiger partial charge in [0, 0.05) is 0 Å². The standard InChI is InChI=1S/CH3NSSe/c1-3-2-4/h1H3. The first-order chi connectivity index (χ1) is 1.91. The molecule has 0 N–H and O–H groups in total. The summed E-state index contributed by atoms with van der Waals surface area (Å²) in [4.78, 5) is 0. The maximum absolute atomic E-state index is 3.53. The normalized spacial score (nSPS) is 6.25. The minimum absolute atomic E-state index is 1.43. The van der Waals surface area contributed by atoms with Gasteiger partial charge in [-0.3, -0.25) is 0 Å². The molecule has 0 amide bonds. The molecule has 24 valence electrons. The summed E-state index contributed by atoms with van der Waals surface area (Å²) in [5.41, 5.74) is 0. The topological polar surface area (TPSA) is 12.4 Å². The van der Waals surface area contributed by atoms with E-state index in [0.29, 0.717) is 0 Å². The Bertz CT molecular complexity index is 22.0. The summed E-state index contributed by atoms with van der Waals surface area (Å²) >= 11 is 3.91. The number of hydrogen-bond donors (Lipinski definition) is 0. The van der Waals surface area contributed by atoms with E-state index in [1.54, 1.807) is 0 Å². The van der Waals surface area contributed by atoms with Crippen molar-refractivity contribution in [3.63, 3.8) is 0 Å². The van der Waals surface area contributed by atoms with Crippen molar-refractivity contribution in [3.05, 3.63) is 0 Å². The summed E-state index contributed by atoms with van der Waals surface area (Å²) in [7, 11) is 0. The van der Waals surface area contributed by atoms with E-state index in [4.69, 9.17) is 0 Å². The Morgan fingerprint density at radius 1 is 2.00 bits per heavy atom. The van der Waals surface area contributed by atoms with Crippen LogP contribution in [0.25, 0.3) is 0 Å². The van der Waals surface area contributed by atoms with E-state index in [1.807, 2.05) is 6.26 Å². The van der Waals surface area contributed by atoms with Gasteiger partial charge in [-0.2, -0.15) is 0 Å². The van der Waals surface area contributed by atoms with Gasteiger partial charge in [-0.1, -0.05) is 0 Å². The van der Waals surface area contributed by atoms with Crippen LogP contribution in [0.5, 0.6) is 0 Å². The summed E-state index contributed by atoms with van der Waals surface area (Å²) in [5.74, 6) is 0. The van der Waals surface area contributed by atoms with Crippen molar-refractivity contribution in [2.45, 2.75) is 0 Å². The summed E-state index contributed by atoms with van der Waals surface area (Å²) in [6.07, 6.45) is 1.90. The summed E-state index contributed by atoms with van der Waals surface area (Å²) < 4.78 is 3.53. The van der Waals surface area contributed by atoms with Gasteiger partial charge >= 0.3 is 37.4 Å². The first-order valence-electron chi connectivity index (χ1n) is 0.773. The number of nitrogens with zero attached hydrogens (tertiary/aromatic N) is 1. The van der Waals surface area contributed by atoms with Gasteiger partial charge in [0.1, 0.15) is 0 Å². The van der Waals surface area contributed by atoms with Crippen molar-refractivity contribution < 1.29 is 0 Å². The molecule has 0 fully saturated rings. The Balaban J connectivity index is 2.30. The maximum atomic E-state index is 3.53. The van der Waals surface area contributed by atoms with Crippen LogP contribution in [0.15, 0.2) is 3.37 Å². The van der Waals surface area contributed by atoms with Crippen molar-refractivity contribution in [2.75, 3.05) is 6.26 Å². The van der Waals surface area contributed by atoms with E-state index in [2.05, 4.69) is 19.2 Å². The van der Waals surface area contributed by atoms with E-state index in [-0.39, 0.29) is 0 Å². The van der Waals surface area contributed by atoms with Crippen LogP contribution >= 0.6 is 11.9 Å². The molecule has 0 aliphatic carbocycles. The van der Waals surface area contributed by atoms with Gasteiger partial charge < -0.3 is 0 Å². The van der Waals surface area contributed by atoms with E-state index < -0.39 is 0 Å². The second-order valence-electron chi connectivity index (χ2n) is 0.257. The van der Waals surface area contributed by atoms with Crippen molar-refractivity contribution in [1.29, 1.82) is 0 Å².